The van der Waals surface area contributed by atoms with Gasteiger partial charge in [0.2, 0.25) is 0 Å². The van der Waals surface area contributed by atoms with Crippen LogP contribution in [0.4, 0.5) is 10.5 Å². The van der Waals surface area contributed by atoms with Gasteiger partial charge in [0.05, 0.1) is 0 Å². The predicted molar refractivity (Wildman–Crippen MR) is 70.4 cm³/mol. The van der Waals surface area contributed by atoms with Crippen LogP contribution in [-0.2, 0) is 6.42 Å². The minimum Gasteiger partial charge on any atom is -0.333 e. The number of nitrogens with one attached hydrogen (secondary N) is 1. The molecule has 0 saturated carbocycles. The van der Waals surface area contributed by atoms with Gasteiger partial charge in [0.1, 0.15) is 0 Å². The van der Waals surface area contributed by atoms with Crippen LogP contribution in [0.25, 0.3) is 0 Å². The molecular formula is C14H20N2O. The molecule has 0 aromatic heterocycles. The van der Waals surface area contributed by atoms with Gasteiger partial charge in [-0.25, -0.2) is 4.79 Å². The SMILES string of the molecule is CC1Cc2ccccc2N1C(=O)NC(C)(C)C. The number of hydrogen-bond acceptors (Lipinski definition) is 1. The lowest BCUT2D eigenvalue weighted by Crippen LogP contribution is -2.50. The van der Waals surface area contributed by atoms with Gasteiger partial charge >= 0.3 is 6.03 Å². The van der Waals surface area contributed by atoms with Crippen LogP contribution in [0.1, 0.15) is 33.3 Å². The number of urea groups is 1. The van der Waals surface area contributed by atoms with Crippen molar-refractivity contribution in [3.8, 4) is 0 Å². The Bertz CT molecular complexity index is 434. The van der Waals surface area contributed by atoms with E-state index in [9.17, 15) is 4.79 Å². The van der Waals surface area contributed by atoms with Crippen molar-refractivity contribution in [2.45, 2.75) is 45.7 Å². The highest BCUT2D eigenvalue weighted by Gasteiger charge is 2.31. The molecule has 0 aliphatic carbocycles. The smallest absolute Gasteiger partial charge is 0.322 e. The summed E-state index contributed by atoms with van der Waals surface area (Å²) in [6, 6.07) is 8.34. The molecule has 17 heavy (non-hydrogen) atoms. The van der Waals surface area contributed by atoms with Gasteiger partial charge in [0, 0.05) is 17.3 Å². The number of carbonyl (C=O) groups is 1. The lowest BCUT2D eigenvalue weighted by molar-refractivity contribution is 0.236. The highest BCUT2D eigenvalue weighted by atomic mass is 16.2. The average molecular weight is 232 g/mol. The van der Waals surface area contributed by atoms with Gasteiger partial charge < -0.3 is 5.32 Å². The molecule has 0 radical (unpaired) electrons. The zero-order valence-corrected chi connectivity index (χ0v) is 10.9. The first-order valence-electron chi connectivity index (χ1n) is 6.08. The van der Waals surface area contributed by atoms with E-state index in [0.29, 0.717) is 0 Å². The predicted octanol–water partition coefficient (Wildman–Crippen LogP) is 2.95. The third-order valence-electron chi connectivity index (χ3n) is 2.91. The van der Waals surface area contributed by atoms with Crippen LogP contribution in [0.2, 0.25) is 0 Å². The Labute approximate surface area is 103 Å². The van der Waals surface area contributed by atoms with E-state index < -0.39 is 0 Å². The summed E-state index contributed by atoms with van der Waals surface area (Å²) in [7, 11) is 0. The van der Waals surface area contributed by atoms with E-state index in [1.54, 1.807) is 0 Å². The van der Waals surface area contributed by atoms with Crippen molar-refractivity contribution in [2.75, 3.05) is 4.90 Å². The molecule has 1 aliphatic heterocycles. The van der Waals surface area contributed by atoms with Crippen molar-refractivity contribution in [2.24, 2.45) is 0 Å². The second kappa shape index (κ2) is 4.06. The fourth-order valence-electron chi connectivity index (χ4n) is 2.26. The van der Waals surface area contributed by atoms with E-state index in [0.717, 1.165) is 12.1 Å². The fourth-order valence-corrected chi connectivity index (χ4v) is 2.26. The first kappa shape index (κ1) is 12.0. The van der Waals surface area contributed by atoms with Gasteiger partial charge in [-0.1, -0.05) is 18.2 Å². The molecular weight excluding hydrogens is 212 g/mol. The number of benzene rings is 1. The number of hydrogen-bond donors (Lipinski definition) is 1. The second-order valence-corrected chi connectivity index (χ2v) is 5.73. The standard InChI is InChI=1S/C14H20N2O/c1-10-9-11-7-5-6-8-12(11)16(10)13(17)15-14(2,3)4/h5-8,10H,9H2,1-4H3,(H,15,17). The summed E-state index contributed by atoms with van der Waals surface area (Å²) in [5.41, 5.74) is 2.10. The summed E-state index contributed by atoms with van der Waals surface area (Å²) in [5, 5.41) is 3.02. The molecule has 2 amide bonds. The maximum Gasteiger partial charge on any atom is 0.322 e. The fraction of sp³-hybridized carbons (Fsp3) is 0.500. The normalized spacial score (nSPS) is 19.1. The van der Waals surface area contributed by atoms with E-state index >= 15 is 0 Å². The van der Waals surface area contributed by atoms with Gasteiger partial charge in [-0.15, -0.1) is 0 Å². The first-order valence-corrected chi connectivity index (χ1v) is 6.08. The zero-order chi connectivity index (χ0) is 12.6. The number of nitrogens with zero attached hydrogens (tertiary/aromatic N) is 1. The molecule has 3 nitrogen and oxygen atoms in total. The molecule has 1 aromatic carbocycles. The van der Waals surface area contributed by atoms with Gasteiger partial charge in [0.15, 0.2) is 0 Å². The molecule has 1 heterocycles. The topological polar surface area (TPSA) is 32.3 Å². The second-order valence-electron chi connectivity index (χ2n) is 5.73. The van der Waals surface area contributed by atoms with Gasteiger partial charge in [-0.05, 0) is 45.7 Å². The van der Waals surface area contributed by atoms with Gasteiger partial charge in [-0.3, -0.25) is 4.90 Å². The van der Waals surface area contributed by atoms with Gasteiger partial charge in [0.25, 0.3) is 0 Å². The largest absolute Gasteiger partial charge is 0.333 e. The van der Waals surface area contributed by atoms with E-state index in [4.69, 9.17) is 0 Å². The van der Waals surface area contributed by atoms with Crippen LogP contribution in [0.15, 0.2) is 24.3 Å². The molecule has 3 heteroatoms. The highest BCUT2D eigenvalue weighted by molar-refractivity contribution is 5.95. The summed E-state index contributed by atoms with van der Waals surface area (Å²) < 4.78 is 0. The van der Waals surface area contributed by atoms with Crippen LogP contribution in [0.5, 0.6) is 0 Å². The molecule has 2 rings (SSSR count). The molecule has 1 atom stereocenters. The highest BCUT2D eigenvalue weighted by Crippen LogP contribution is 2.31. The Hall–Kier alpha value is -1.51. The Morgan fingerprint density at radius 1 is 1.35 bits per heavy atom. The molecule has 92 valence electrons. The molecule has 0 spiro atoms. The molecule has 0 bridgehead atoms. The lowest BCUT2D eigenvalue weighted by Gasteiger charge is -2.28. The summed E-state index contributed by atoms with van der Waals surface area (Å²) in [5.74, 6) is 0. The van der Waals surface area contributed by atoms with Crippen LogP contribution < -0.4 is 10.2 Å². The van der Waals surface area contributed by atoms with Gasteiger partial charge in [-0.2, -0.15) is 0 Å². The third kappa shape index (κ3) is 2.43. The van der Waals surface area contributed by atoms with Crippen molar-refractivity contribution in [1.29, 1.82) is 0 Å². The molecule has 1 aliphatic rings. The number of anilines is 1. The quantitative estimate of drug-likeness (QED) is 0.733. The van der Waals surface area contributed by atoms with Crippen molar-refractivity contribution in [3.63, 3.8) is 0 Å². The monoisotopic (exact) mass is 232 g/mol. The summed E-state index contributed by atoms with van der Waals surface area (Å²) in [6.07, 6.45) is 0.938. The summed E-state index contributed by atoms with van der Waals surface area (Å²) in [4.78, 5) is 14.1. The number of para-hydroxylation sites is 1. The van der Waals surface area contributed by atoms with Crippen LogP contribution in [0.3, 0.4) is 0 Å². The molecule has 1 unspecified atom stereocenters. The lowest BCUT2D eigenvalue weighted by atomic mass is 10.1. The van der Waals surface area contributed by atoms with Crippen LogP contribution in [0, 0.1) is 0 Å². The molecule has 1 aromatic rings. The number of carbonyl (C=O) groups excluding carboxylic acids is 1. The maximum absolute atomic E-state index is 12.2. The minimum atomic E-state index is -0.200. The van der Waals surface area contributed by atoms with Crippen molar-refractivity contribution < 1.29 is 4.79 Å². The van der Waals surface area contributed by atoms with Crippen LogP contribution in [-0.4, -0.2) is 17.6 Å². The summed E-state index contributed by atoms with van der Waals surface area (Å²) >= 11 is 0. The van der Waals surface area contributed by atoms with E-state index in [-0.39, 0.29) is 17.6 Å². The number of fused-ring (bicyclic) bond motifs is 1. The van der Waals surface area contributed by atoms with E-state index in [1.807, 2.05) is 43.9 Å². The number of amides is 2. The van der Waals surface area contributed by atoms with E-state index in [1.165, 1.54) is 5.56 Å². The zero-order valence-electron chi connectivity index (χ0n) is 10.9. The van der Waals surface area contributed by atoms with E-state index in [2.05, 4.69) is 18.3 Å². The maximum atomic E-state index is 12.2. The Kier molecular flexibility index (Phi) is 2.86. The van der Waals surface area contributed by atoms with Crippen molar-refractivity contribution in [3.05, 3.63) is 29.8 Å². The first-order chi connectivity index (χ1) is 7.88. The summed E-state index contributed by atoms with van der Waals surface area (Å²) in [6.45, 7) is 8.08. The Morgan fingerprint density at radius 3 is 2.65 bits per heavy atom. The van der Waals surface area contributed by atoms with Crippen molar-refractivity contribution >= 4 is 11.7 Å². The van der Waals surface area contributed by atoms with Crippen molar-refractivity contribution in [1.82, 2.24) is 5.32 Å². The third-order valence-corrected chi connectivity index (χ3v) is 2.91. The Morgan fingerprint density at radius 2 is 2.00 bits per heavy atom. The Balaban J connectivity index is 2.25. The minimum absolute atomic E-state index is 0.00468. The van der Waals surface area contributed by atoms with Crippen LogP contribution >= 0.6 is 0 Å². The average Bonchev–Trinajstić information content (AvgIpc) is 2.50. The number of rotatable bonds is 0. The molecule has 0 saturated heterocycles. The molecule has 1 N–H and O–H groups in total. The molecule has 0 fully saturated rings.